The van der Waals surface area contributed by atoms with Crippen molar-refractivity contribution in [3.8, 4) is 32.3 Å². The molecule has 0 saturated carbocycles. The Labute approximate surface area is 419 Å². The number of fused-ring (bicyclic) bond motifs is 3. The van der Waals surface area contributed by atoms with Gasteiger partial charge in [0.2, 0.25) is 17.7 Å². The van der Waals surface area contributed by atoms with Crippen molar-refractivity contribution in [3.63, 3.8) is 0 Å². The smallest absolute Gasteiger partial charge is 0.248 e. The summed E-state index contributed by atoms with van der Waals surface area (Å²) >= 11 is 9.52. The van der Waals surface area contributed by atoms with Gasteiger partial charge in [0.05, 0.1) is 47.1 Å². The fourth-order valence-electron chi connectivity index (χ4n) is 9.14. The number of aliphatic hydroxyl groups is 1. The Bertz CT molecular complexity index is 3080. The molecule has 6 heterocycles. The van der Waals surface area contributed by atoms with Gasteiger partial charge in [-0.05, 0) is 87.1 Å². The Hall–Kier alpha value is -6.53. The number of halogens is 1. The van der Waals surface area contributed by atoms with Gasteiger partial charge < -0.3 is 25.4 Å². The van der Waals surface area contributed by atoms with E-state index in [1.54, 1.807) is 33.6 Å². The first-order valence-electron chi connectivity index (χ1n) is 23.3. The number of carbonyl (C=O) groups is 3. The molecule has 2 aliphatic rings. The SMILES string of the molecule is Cc1ncsc1-c1ccc(CNC(=O)[C@@H]2C[C@@H](O)CN2C(=O)C(C(C)C)n2cc(-c3cccc(O[C@H](C)CNC(=O)C[C@@H]4N=C(c5ccc(Cl)cc5)c5c(sc(C)c5C)-n5c(C)nnc54)c3)cn2)cc1. The number of hydrogen-bond acceptors (Lipinski definition) is 12. The Morgan fingerprint density at radius 1 is 0.929 bits per heavy atom. The fourth-order valence-corrected chi connectivity index (χ4v) is 11.3. The van der Waals surface area contributed by atoms with E-state index in [1.165, 1.54) is 4.90 Å². The number of hydrogen-bond donors (Lipinski definition) is 3. The molecule has 362 valence electrons. The van der Waals surface area contributed by atoms with Crippen molar-refractivity contribution < 1.29 is 24.2 Å². The van der Waals surface area contributed by atoms with Crippen molar-refractivity contribution in [2.75, 3.05) is 13.1 Å². The maximum absolute atomic E-state index is 14.4. The van der Waals surface area contributed by atoms with Crippen molar-refractivity contribution in [1.29, 1.82) is 0 Å². The average molecular weight is 1000 g/mol. The number of aryl methyl sites for hydroxylation is 3. The summed E-state index contributed by atoms with van der Waals surface area (Å²) in [5.41, 5.74) is 10.2. The van der Waals surface area contributed by atoms with E-state index in [9.17, 15) is 19.5 Å². The van der Waals surface area contributed by atoms with Crippen LogP contribution >= 0.6 is 34.3 Å². The Morgan fingerprint density at radius 3 is 2.41 bits per heavy atom. The summed E-state index contributed by atoms with van der Waals surface area (Å²) in [6.45, 7) is 14.4. The van der Waals surface area contributed by atoms with Gasteiger partial charge in [0.25, 0.3) is 0 Å². The second-order valence-electron chi connectivity index (χ2n) is 18.3. The number of ether oxygens (including phenoxy) is 1. The van der Waals surface area contributed by atoms with Crippen molar-refractivity contribution in [1.82, 2.24) is 45.1 Å². The number of thiazole rings is 1. The molecule has 9 rings (SSSR count). The van der Waals surface area contributed by atoms with Crippen LogP contribution in [-0.2, 0) is 20.9 Å². The minimum Gasteiger partial charge on any atom is -0.489 e. The number of rotatable bonds is 15. The number of aromatic nitrogens is 6. The van der Waals surface area contributed by atoms with Gasteiger partial charge in [-0.15, -0.1) is 32.9 Å². The molecule has 3 N–H and O–H groups in total. The number of amides is 3. The van der Waals surface area contributed by atoms with Crippen LogP contribution in [0.4, 0.5) is 0 Å². The monoisotopic (exact) mass is 998 g/mol. The summed E-state index contributed by atoms with van der Waals surface area (Å²) in [5.74, 6) is 0.919. The molecule has 3 aromatic carbocycles. The van der Waals surface area contributed by atoms with Gasteiger partial charge in [-0.2, -0.15) is 5.10 Å². The lowest BCUT2D eigenvalue weighted by Gasteiger charge is -2.30. The van der Waals surface area contributed by atoms with Crippen LogP contribution in [0.15, 0.2) is 95.7 Å². The molecule has 2 aliphatic heterocycles. The lowest BCUT2D eigenvalue weighted by atomic mass is 9.99. The van der Waals surface area contributed by atoms with Crippen LogP contribution in [0.1, 0.15) is 90.2 Å². The molecule has 4 aromatic heterocycles. The van der Waals surface area contributed by atoms with Crippen molar-refractivity contribution in [3.05, 3.63) is 140 Å². The van der Waals surface area contributed by atoms with E-state index in [0.717, 1.165) is 70.9 Å². The van der Waals surface area contributed by atoms with Gasteiger partial charge in [0, 0.05) is 52.3 Å². The molecule has 15 nitrogen and oxygen atoms in total. The van der Waals surface area contributed by atoms with Crippen LogP contribution in [0, 0.1) is 33.6 Å². The molecule has 5 atom stereocenters. The highest BCUT2D eigenvalue weighted by Gasteiger charge is 2.42. The van der Waals surface area contributed by atoms with E-state index in [0.29, 0.717) is 16.6 Å². The molecule has 1 unspecified atom stereocenters. The topological polar surface area (TPSA) is 182 Å². The van der Waals surface area contributed by atoms with E-state index >= 15 is 0 Å². The van der Waals surface area contributed by atoms with Gasteiger partial charge >= 0.3 is 0 Å². The summed E-state index contributed by atoms with van der Waals surface area (Å²) in [6, 6.07) is 21.0. The number of aliphatic imine (C=N–C) groups is 1. The number of benzene rings is 3. The lowest BCUT2D eigenvalue weighted by Crippen LogP contribution is -2.49. The third-order valence-electron chi connectivity index (χ3n) is 12.9. The van der Waals surface area contributed by atoms with Gasteiger partial charge in [-0.25, -0.2) is 4.98 Å². The van der Waals surface area contributed by atoms with E-state index in [-0.39, 0.29) is 56.1 Å². The molecule has 0 aliphatic carbocycles. The summed E-state index contributed by atoms with van der Waals surface area (Å²) in [4.78, 5) is 55.0. The van der Waals surface area contributed by atoms with E-state index < -0.39 is 30.3 Å². The highest BCUT2D eigenvalue weighted by molar-refractivity contribution is 7.15. The molecule has 70 heavy (non-hydrogen) atoms. The summed E-state index contributed by atoms with van der Waals surface area (Å²) in [5, 5.41) is 32.0. The van der Waals surface area contributed by atoms with E-state index in [2.05, 4.69) is 44.8 Å². The molecule has 0 spiro atoms. The second kappa shape index (κ2) is 20.4. The molecular weight excluding hydrogens is 944 g/mol. The fraction of sp³-hybridized carbons (Fsp3) is 0.346. The molecule has 0 radical (unpaired) electrons. The maximum atomic E-state index is 14.4. The number of thiophene rings is 1. The molecule has 18 heteroatoms. The van der Waals surface area contributed by atoms with Crippen LogP contribution in [0.25, 0.3) is 26.6 Å². The van der Waals surface area contributed by atoms with Gasteiger partial charge in [0.15, 0.2) is 5.82 Å². The largest absolute Gasteiger partial charge is 0.489 e. The van der Waals surface area contributed by atoms with Gasteiger partial charge in [-0.1, -0.05) is 74.0 Å². The Kier molecular flexibility index (Phi) is 14.2. The number of β-amino-alcohol motifs (C(OH)–C–C–N with tert-alkyl or cyclic N) is 1. The van der Waals surface area contributed by atoms with Gasteiger partial charge in [0.1, 0.15) is 40.8 Å². The maximum Gasteiger partial charge on any atom is 0.248 e. The first-order valence-corrected chi connectivity index (χ1v) is 25.4. The Morgan fingerprint density at radius 2 is 1.69 bits per heavy atom. The zero-order chi connectivity index (χ0) is 49.4. The first-order chi connectivity index (χ1) is 33.6. The quantitative estimate of drug-likeness (QED) is 0.0907. The number of carbonyl (C=O) groups excluding carboxylic acids is 3. The van der Waals surface area contributed by atoms with Crippen LogP contribution in [0.3, 0.4) is 0 Å². The number of nitrogens with zero attached hydrogens (tertiary/aromatic N) is 8. The van der Waals surface area contributed by atoms with Gasteiger partial charge in [-0.3, -0.25) is 28.6 Å². The molecular formula is C52H55ClN10O5S2. The third-order valence-corrected chi connectivity index (χ3v) is 15.3. The van der Waals surface area contributed by atoms with Crippen molar-refractivity contribution >= 4 is 57.7 Å². The van der Waals surface area contributed by atoms with Crippen LogP contribution in [-0.4, -0.2) is 94.3 Å². The minimum absolute atomic E-state index is 0.0462. The summed E-state index contributed by atoms with van der Waals surface area (Å²) in [6.07, 6.45) is 2.49. The highest BCUT2D eigenvalue weighted by Crippen LogP contribution is 2.40. The summed E-state index contributed by atoms with van der Waals surface area (Å²) in [7, 11) is 0. The number of likely N-dealkylation sites (tertiary alicyclic amines) is 1. The van der Waals surface area contributed by atoms with Crippen molar-refractivity contribution in [2.24, 2.45) is 10.9 Å². The zero-order valence-electron chi connectivity index (χ0n) is 40.0. The Balaban J connectivity index is 0.831. The number of aliphatic hydroxyl groups excluding tert-OH is 1. The molecule has 1 saturated heterocycles. The lowest BCUT2D eigenvalue weighted by molar-refractivity contribution is -0.142. The van der Waals surface area contributed by atoms with Crippen LogP contribution in [0.2, 0.25) is 5.02 Å². The minimum atomic E-state index is -0.832. The zero-order valence-corrected chi connectivity index (χ0v) is 42.4. The molecule has 3 amide bonds. The first kappa shape index (κ1) is 48.5. The van der Waals surface area contributed by atoms with Crippen LogP contribution < -0.4 is 15.4 Å². The summed E-state index contributed by atoms with van der Waals surface area (Å²) < 4.78 is 9.99. The second-order valence-corrected chi connectivity index (χ2v) is 20.8. The predicted octanol–water partition coefficient (Wildman–Crippen LogP) is 8.54. The normalized spacial score (nSPS) is 17.4. The molecule has 1 fully saturated rings. The van der Waals surface area contributed by atoms with E-state index in [4.69, 9.17) is 21.3 Å². The molecule has 7 aromatic rings. The van der Waals surface area contributed by atoms with Crippen molar-refractivity contribution in [2.45, 2.75) is 98.2 Å². The van der Waals surface area contributed by atoms with E-state index in [1.807, 2.05) is 124 Å². The highest BCUT2D eigenvalue weighted by atomic mass is 35.5. The standard InChI is InChI=1S/C52H55ClN10O5S2/c1-28(2)47(51(67)61-26-40(64)20-43(61)50(66)55-23-34-11-13-36(14-12-34)48-31(5)56-27-69-48)62-25-38(24-57-62)37-9-8-10-41(19-37)68-29(3)22-54-44(65)21-42-49-60-59-33(7)63(49)52-45(30(4)32(6)70-52)46(58-42)35-15-17-39(53)18-16-35/h8-19,24-25,27-29,40,42-43,47,64H,20-23,26H2,1-7H3,(H,54,65)(H,55,66)/t29-,40-,42+,43+,47?/m1/s1. The average Bonchev–Trinajstić information content (AvgIpc) is 4.19. The van der Waals surface area contributed by atoms with Crippen LogP contribution in [0.5, 0.6) is 5.75 Å². The third kappa shape index (κ3) is 10.1. The predicted molar refractivity (Wildman–Crippen MR) is 273 cm³/mol. The molecule has 0 bridgehead atoms. The number of nitrogens with one attached hydrogen (secondary N) is 2.